The van der Waals surface area contributed by atoms with Crippen LogP contribution in [0, 0.1) is 0 Å². The van der Waals surface area contributed by atoms with E-state index >= 15 is 0 Å². The molecule has 26 heavy (non-hydrogen) atoms. The summed E-state index contributed by atoms with van der Waals surface area (Å²) in [6.45, 7) is -0.809. The highest BCUT2D eigenvalue weighted by atomic mass is 127. The first-order valence-corrected chi connectivity index (χ1v) is 10.2. The van der Waals surface area contributed by atoms with Crippen molar-refractivity contribution in [1.82, 2.24) is 4.90 Å². The van der Waals surface area contributed by atoms with Gasteiger partial charge in [0, 0.05) is 12.2 Å². The minimum atomic E-state index is -1.24. The van der Waals surface area contributed by atoms with Crippen LogP contribution in [-0.4, -0.2) is 101 Å². The van der Waals surface area contributed by atoms with Gasteiger partial charge in [0.05, 0.1) is 59.5 Å². The quantitative estimate of drug-likeness (QED) is 0.0874. The van der Waals surface area contributed by atoms with Crippen molar-refractivity contribution in [3.63, 3.8) is 0 Å². The Hall–Kier alpha value is 0.125. The zero-order valence-electron chi connectivity index (χ0n) is 14.5. The van der Waals surface area contributed by atoms with Crippen molar-refractivity contribution in [3.05, 3.63) is 0 Å². The summed E-state index contributed by atoms with van der Waals surface area (Å²) in [7, 11) is 2.53. The van der Waals surface area contributed by atoms with Gasteiger partial charge in [-0.2, -0.15) is 9.12 Å². The maximum atomic E-state index is 12.9. The number of aliphatic hydroxyl groups excluding tert-OH is 3. The number of rotatable bonds is 14. The summed E-state index contributed by atoms with van der Waals surface area (Å²) >= 11 is 2.08. The molecule has 1 saturated heterocycles. The van der Waals surface area contributed by atoms with Crippen molar-refractivity contribution in [3.8, 4) is 0 Å². The molecule has 1 heterocycles. The molecule has 1 aliphatic rings. The van der Waals surface area contributed by atoms with Crippen LogP contribution in [-0.2, 0) is 23.8 Å². The van der Waals surface area contributed by atoms with Gasteiger partial charge < -0.3 is 29.5 Å². The summed E-state index contributed by atoms with van der Waals surface area (Å²) in [5.74, 6) is -1.16. The van der Waals surface area contributed by atoms with E-state index in [1.54, 1.807) is 0 Å². The van der Waals surface area contributed by atoms with Gasteiger partial charge in [0.2, 0.25) is 11.8 Å². The van der Waals surface area contributed by atoms with E-state index in [2.05, 4.69) is 31.5 Å². The Morgan fingerprint density at radius 1 is 1.04 bits per heavy atom. The third-order valence-electron chi connectivity index (χ3n) is 3.86. The molecule has 0 aromatic heterocycles. The van der Waals surface area contributed by atoms with E-state index < -0.39 is 11.4 Å². The minimum absolute atomic E-state index is 0.0277. The Morgan fingerprint density at radius 3 is 1.77 bits per heavy atom. The number of hydrogen-bond acceptors (Lipinski definition) is 8. The molecule has 0 aliphatic carbocycles. The third-order valence-corrected chi connectivity index (χ3v) is 5.19. The zero-order valence-corrected chi connectivity index (χ0v) is 17.8. The van der Waals surface area contributed by atoms with Gasteiger partial charge in [0.25, 0.3) is 4.29 Å². The molecule has 1 rings (SSSR count). The van der Waals surface area contributed by atoms with E-state index in [9.17, 15) is 9.59 Å². The molecule has 9 nitrogen and oxygen atoms in total. The zero-order chi connectivity index (χ0) is 19.6. The second kappa shape index (κ2) is 12.6. The molecule has 1 aliphatic heterocycles. The average molecular weight is 505 g/mol. The van der Waals surface area contributed by atoms with Crippen LogP contribution in [0.4, 0.5) is 0 Å². The van der Waals surface area contributed by atoms with Gasteiger partial charge in [-0.1, -0.05) is 0 Å². The normalized spacial score (nSPS) is 18.0. The van der Waals surface area contributed by atoms with Crippen LogP contribution in [0.5, 0.6) is 0 Å². The van der Waals surface area contributed by atoms with Crippen LogP contribution in [0.3, 0.4) is 0 Å². The average Bonchev–Trinajstić information content (AvgIpc) is 2.90. The lowest BCUT2D eigenvalue weighted by molar-refractivity contribution is -0.160. The van der Waals surface area contributed by atoms with Crippen LogP contribution in [0.25, 0.3) is 0 Å². The number of likely N-dealkylation sites (tertiary alicyclic amines) is 1. The molecular formula is C14H26BINO8P. The highest BCUT2D eigenvalue weighted by Gasteiger charge is 2.52. The van der Waals surface area contributed by atoms with E-state index in [0.29, 0.717) is 0 Å². The maximum absolute atomic E-state index is 12.9. The number of imide groups is 1. The maximum Gasteiger partial charge on any atom is 0.252 e. The fourth-order valence-corrected chi connectivity index (χ4v) is 3.56. The van der Waals surface area contributed by atoms with Gasteiger partial charge >= 0.3 is 0 Å². The Morgan fingerprint density at radius 2 is 1.46 bits per heavy atom. The van der Waals surface area contributed by atoms with E-state index in [-0.39, 0.29) is 82.0 Å². The Balaban J connectivity index is 3.10. The molecule has 0 saturated carbocycles. The first-order valence-electron chi connectivity index (χ1n) is 8.26. The molecule has 0 spiro atoms. The highest BCUT2D eigenvalue weighted by molar-refractivity contribution is 14.1. The second-order valence-corrected chi connectivity index (χ2v) is 9.39. The molecule has 0 aromatic rings. The van der Waals surface area contributed by atoms with E-state index in [0.717, 1.165) is 4.90 Å². The molecule has 2 amide bonds. The third kappa shape index (κ3) is 6.63. The topological polar surface area (TPSA) is 126 Å². The monoisotopic (exact) mass is 505 g/mol. The van der Waals surface area contributed by atoms with Gasteiger partial charge in [-0.25, -0.2) is 0 Å². The predicted molar refractivity (Wildman–Crippen MR) is 106 cm³/mol. The molecule has 150 valence electrons. The number of hydrogen-bond donors (Lipinski definition) is 3. The van der Waals surface area contributed by atoms with Crippen molar-refractivity contribution in [2.24, 2.45) is 0 Å². The molecule has 2 unspecified atom stereocenters. The number of nitrogens with zero attached hydrogens (tertiary/aromatic N) is 1. The van der Waals surface area contributed by atoms with Gasteiger partial charge in [-0.3, -0.25) is 14.5 Å². The molecule has 1 fully saturated rings. The van der Waals surface area contributed by atoms with Crippen molar-refractivity contribution in [2.75, 3.05) is 59.5 Å². The molecular weight excluding hydrogens is 479 g/mol. The SMILES string of the molecule is O=C1CC(B(P)I)C(=O)N1C(COCCO)(COCCO)COCCO. The minimum Gasteiger partial charge on any atom is -0.394 e. The van der Waals surface area contributed by atoms with Crippen LogP contribution < -0.4 is 0 Å². The number of aliphatic hydroxyl groups is 3. The Bertz CT molecular complexity index is 432. The summed E-state index contributed by atoms with van der Waals surface area (Å²) in [4.78, 5) is 26.6. The lowest BCUT2D eigenvalue weighted by Crippen LogP contribution is -2.61. The summed E-state index contributed by atoms with van der Waals surface area (Å²) in [6.07, 6.45) is 0.0810. The van der Waals surface area contributed by atoms with Gasteiger partial charge in [0.15, 0.2) is 0 Å². The standard InChI is InChI=1S/C14H26BINO8P/c16-15(26)11-7-12(21)17(13(11)22)14(8-23-4-1-18,9-24-5-2-19)10-25-6-3-20/h11,18-20H,1-10,26H2. The lowest BCUT2D eigenvalue weighted by Gasteiger charge is -2.40. The smallest absolute Gasteiger partial charge is 0.252 e. The fourth-order valence-electron chi connectivity index (χ4n) is 2.70. The second-order valence-electron chi connectivity index (χ2n) is 5.88. The summed E-state index contributed by atoms with van der Waals surface area (Å²) in [5.41, 5.74) is -1.24. The van der Waals surface area contributed by atoms with E-state index in [4.69, 9.17) is 29.5 Å². The Labute approximate surface area is 168 Å². The summed E-state index contributed by atoms with van der Waals surface area (Å²) in [6, 6.07) is 0. The Kier molecular flexibility index (Phi) is 11.7. The highest BCUT2D eigenvalue weighted by Crippen LogP contribution is 2.37. The number of ether oxygens (including phenoxy) is 3. The van der Waals surface area contributed by atoms with Crippen molar-refractivity contribution in [2.45, 2.75) is 17.8 Å². The van der Waals surface area contributed by atoms with E-state index in [1.165, 1.54) is 0 Å². The number of amides is 2. The molecule has 0 radical (unpaired) electrons. The number of carbonyl (C=O) groups is 2. The van der Waals surface area contributed by atoms with Crippen molar-refractivity contribution in [1.29, 1.82) is 0 Å². The molecule has 3 N–H and O–H groups in total. The largest absolute Gasteiger partial charge is 0.394 e. The van der Waals surface area contributed by atoms with E-state index in [1.807, 2.05) is 0 Å². The summed E-state index contributed by atoms with van der Waals surface area (Å²) in [5, 5.41) is 26.9. The molecule has 2 atom stereocenters. The van der Waals surface area contributed by atoms with Gasteiger partial charge in [-0.15, -0.1) is 22.4 Å². The van der Waals surface area contributed by atoms with Crippen molar-refractivity contribution >= 4 is 47.6 Å². The number of halogens is 1. The van der Waals surface area contributed by atoms with Gasteiger partial charge in [-0.05, 0) is 0 Å². The fraction of sp³-hybridized carbons (Fsp3) is 0.857. The molecule has 0 bridgehead atoms. The van der Waals surface area contributed by atoms with Crippen LogP contribution in [0.2, 0.25) is 5.82 Å². The first kappa shape index (κ1) is 24.2. The van der Waals surface area contributed by atoms with Crippen LogP contribution >= 0.6 is 31.5 Å². The van der Waals surface area contributed by atoms with Crippen LogP contribution in [0.15, 0.2) is 0 Å². The van der Waals surface area contributed by atoms with Gasteiger partial charge in [0.1, 0.15) is 5.54 Å². The summed E-state index contributed by atoms with van der Waals surface area (Å²) < 4.78 is 16.2. The van der Waals surface area contributed by atoms with Crippen molar-refractivity contribution < 1.29 is 39.1 Å². The molecule has 0 aromatic carbocycles. The van der Waals surface area contributed by atoms with Crippen LogP contribution in [0.1, 0.15) is 6.42 Å². The first-order chi connectivity index (χ1) is 12.4. The molecule has 12 heteroatoms. The lowest BCUT2D eigenvalue weighted by atomic mass is 9.84. The predicted octanol–water partition coefficient (Wildman–Crippen LogP) is -1.32. The number of carbonyl (C=O) groups excluding carboxylic acids is 2.